The average molecular weight is 242 g/mol. The molecule has 0 unspecified atom stereocenters. The van der Waals surface area contributed by atoms with Crippen LogP contribution in [-0.4, -0.2) is 19.1 Å². The van der Waals surface area contributed by atoms with Crippen LogP contribution in [-0.2, 0) is 6.54 Å². The Labute approximate surface area is 101 Å². The third-order valence-electron chi connectivity index (χ3n) is 2.41. The first-order chi connectivity index (χ1) is 8.09. The van der Waals surface area contributed by atoms with E-state index in [9.17, 15) is 8.78 Å². The summed E-state index contributed by atoms with van der Waals surface area (Å²) in [5.74, 6) is -0.760. The monoisotopic (exact) mass is 242 g/mol. The van der Waals surface area contributed by atoms with Crippen LogP contribution in [0.25, 0.3) is 0 Å². The minimum Gasteiger partial charge on any atom is -0.314 e. The molecule has 4 heteroatoms. The molecule has 1 aromatic carbocycles. The van der Waals surface area contributed by atoms with E-state index < -0.39 is 5.82 Å². The highest BCUT2D eigenvalue weighted by molar-refractivity contribution is 5.18. The van der Waals surface area contributed by atoms with E-state index in [0.29, 0.717) is 18.2 Å². The van der Waals surface area contributed by atoms with Crippen LogP contribution in [0.5, 0.6) is 0 Å². The summed E-state index contributed by atoms with van der Waals surface area (Å²) in [5.41, 5.74) is 0.377. The first kappa shape index (κ1) is 14.1. The largest absolute Gasteiger partial charge is 0.314 e. The molecule has 0 heterocycles. The molecule has 0 saturated heterocycles. The van der Waals surface area contributed by atoms with E-state index in [1.807, 2.05) is 0 Å². The van der Waals surface area contributed by atoms with Gasteiger partial charge in [-0.1, -0.05) is 13.8 Å². The minimum absolute atomic E-state index is 0.362. The molecule has 0 bridgehead atoms. The molecule has 0 aliphatic rings. The smallest absolute Gasteiger partial charge is 0.127 e. The first-order valence-corrected chi connectivity index (χ1v) is 5.97. The van der Waals surface area contributed by atoms with E-state index in [1.54, 1.807) is 0 Å². The molecule has 0 spiro atoms. The van der Waals surface area contributed by atoms with Crippen molar-refractivity contribution in [2.75, 3.05) is 13.1 Å². The normalized spacial score (nSPS) is 11.1. The van der Waals surface area contributed by atoms with Crippen molar-refractivity contribution in [3.8, 4) is 0 Å². The Morgan fingerprint density at radius 2 is 1.94 bits per heavy atom. The van der Waals surface area contributed by atoms with Gasteiger partial charge in [0.1, 0.15) is 11.6 Å². The summed E-state index contributed by atoms with van der Waals surface area (Å²) in [5, 5.41) is 6.39. The van der Waals surface area contributed by atoms with Crippen molar-refractivity contribution in [2.45, 2.75) is 32.9 Å². The molecule has 2 N–H and O–H groups in total. The van der Waals surface area contributed by atoms with E-state index in [-0.39, 0.29) is 5.82 Å². The SMILES string of the molecule is CC(C)NCCCNCc1cc(F)ccc1F. The maximum absolute atomic E-state index is 13.2. The number of benzene rings is 1. The molecule has 0 saturated carbocycles. The van der Waals surface area contributed by atoms with Gasteiger partial charge in [-0.2, -0.15) is 0 Å². The van der Waals surface area contributed by atoms with Gasteiger partial charge >= 0.3 is 0 Å². The molecule has 1 rings (SSSR count). The van der Waals surface area contributed by atoms with E-state index in [2.05, 4.69) is 24.5 Å². The van der Waals surface area contributed by atoms with E-state index >= 15 is 0 Å². The lowest BCUT2D eigenvalue weighted by molar-refractivity contribution is 0.536. The molecule has 0 fully saturated rings. The summed E-state index contributed by atoms with van der Waals surface area (Å²) >= 11 is 0. The van der Waals surface area contributed by atoms with Crippen LogP contribution in [0.2, 0.25) is 0 Å². The summed E-state index contributed by atoms with van der Waals surface area (Å²) in [6.45, 7) is 6.27. The zero-order chi connectivity index (χ0) is 12.7. The number of halogens is 2. The zero-order valence-corrected chi connectivity index (χ0v) is 10.4. The second-order valence-electron chi connectivity index (χ2n) is 4.37. The van der Waals surface area contributed by atoms with Crippen molar-refractivity contribution in [2.24, 2.45) is 0 Å². The summed E-state index contributed by atoms with van der Waals surface area (Å²) in [7, 11) is 0. The second-order valence-corrected chi connectivity index (χ2v) is 4.37. The third kappa shape index (κ3) is 5.75. The molecule has 17 heavy (non-hydrogen) atoms. The Hall–Kier alpha value is -1.00. The molecule has 0 aliphatic carbocycles. The van der Waals surface area contributed by atoms with Gasteiger partial charge in [0, 0.05) is 18.2 Å². The molecule has 0 aliphatic heterocycles. The molecular formula is C13H20F2N2. The van der Waals surface area contributed by atoms with Gasteiger partial charge in [0.2, 0.25) is 0 Å². The predicted molar refractivity (Wildman–Crippen MR) is 65.8 cm³/mol. The Morgan fingerprint density at radius 3 is 2.65 bits per heavy atom. The predicted octanol–water partition coefficient (Wildman–Crippen LogP) is 2.44. The number of hydrogen-bond donors (Lipinski definition) is 2. The topological polar surface area (TPSA) is 24.1 Å². The number of nitrogens with one attached hydrogen (secondary N) is 2. The maximum atomic E-state index is 13.2. The molecule has 0 atom stereocenters. The lowest BCUT2D eigenvalue weighted by atomic mass is 10.2. The zero-order valence-electron chi connectivity index (χ0n) is 10.4. The van der Waals surface area contributed by atoms with E-state index in [0.717, 1.165) is 31.6 Å². The summed E-state index contributed by atoms with van der Waals surface area (Å²) in [6.07, 6.45) is 0.967. The number of rotatable bonds is 7. The van der Waals surface area contributed by atoms with Crippen LogP contribution < -0.4 is 10.6 Å². The Morgan fingerprint density at radius 1 is 1.18 bits per heavy atom. The van der Waals surface area contributed by atoms with Gasteiger partial charge in [-0.3, -0.25) is 0 Å². The van der Waals surface area contributed by atoms with Crippen molar-refractivity contribution < 1.29 is 8.78 Å². The van der Waals surface area contributed by atoms with Gasteiger partial charge < -0.3 is 10.6 Å². The number of hydrogen-bond acceptors (Lipinski definition) is 2. The fourth-order valence-corrected chi connectivity index (χ4v) is 1.51. The van der Waals surface area contributed by atoms with Gasteiger partial charge in [-0.05, 0) is 37.7 Å². The molecule has 0 aromatic heterocycles. The van der Waals surface area contributed by atoms with Crippen molar-refractivity contribution in [3.63, 3.8) is 0 Å². The van der Waals surface area contributed by atoms with Crippen molar-refractivity contribution >= 4 is 0 Å². The summed E-state index contributed by atoms with van der Waals surface area (Å²) in [4.78, 5) is 0. The molecule has 1 aromatic rings. The molecular weight excluding hydrogens is 222 g/mol. The van der Waals surface area contributed by atoms with Crippen LogP contribution in [0.1, 0.15) is 25.8 Å². The molecule has 0 amide bonds. The van der Waals surface area contributed by atoms with Crippen LogP contribution in [0.3, 0.4) is 0 Å². The summed E-state index contributed by atoms with van der Waals surface area (Å²) in [6, 6.07) is 4.00. The molecule has 0 radical (unpaired) electrons. The van der Waals surface area contributed by atoms with Crippen LogP contribution in [0.15, 0.2) is 18.2 Å². The van der Waals surface area contributed by atoms with Gasteiger partial charge in [-0.25, -0.2) is 8.78 Å². The van der Waals surface area contributed by atoms with E-state index in [4.69, 9.17) is 0 Å². The highest BCUT2D eigenvalue weighted by Gasteiger charge is 2.02. The van der Waals surface area contributed by atoms with Gasteiger partial charge in [-0.15, -0.1) is 0 Å². The standard InChI is InChI=1S/C13H20F2N2/c1-10(2)17-7-3-6-16-9-11-8-12(14)4-5-13(11)15/h4-5,8,10,16-17H,3,6-7,9H2,1-2H3. The van der Waals surface area contributed by atoms with Crippen molar-refractivity contribution in [1.82, 2.24) is 10.6 Å². The quantitative estimate of drug-likeness (QED) is 0.718. The fourth-order valence-electron chi connectivity index (χ4n) is 1.51. The maximum Gasteiger partial charge on any atom is 0.127 e. The molecule has 2 nitrogen and oxygen atoms in total. The lowest BCUT2D eigenvalue weighted by Crippen LogP contribution is -2.26. The van der Waals surface area contributed by atoms with Gasteiger partial charge in [0.25, 0.3) is 0 Å². The first-order valence-electron chi connectivity index (χ1n) is 5.97. The van der Waals surface area contributed by atoms with Crippen LogP contribution in [0.4, 0.5) is 8.78 Å². The van der Waals surface area contributed by atoms with Crippen molar-refractivity contribution in [1.29, 1.82) is 0 Å². The fraction of sp³-hybridized carbons (Fsp3) is 0.538. The van der Waals surface area contributed by atoms with Gasteiger partial charge in [0.05, 0.1) is 0 Å². The third-order valence-corrected chi connectivity index (χ3v) is 2.41. The van der Waals surface area contributed by atoms with Gasteiger partial charge in [0.15, 0.2) is 0 Å². The summed E-state index contributed by atoms with van der Waals surface area (Å²) < 4.78 is 26.1. The average Bonchev–Trinajstić information content (AvgIpc) is 2.27. The second kappa shape index (κ2) is 7.35. The van der Waals surface area contributed by atoms with Crippen LogP contribution >= 0.6 is 0 Å². The highest BCUT2D eigenvalue weighted by atomic mass is 19.1. The Balaban J connectivity index is 2.20. The Kier molecular flexibility index (Phi) is 6.08. The molecule has 96 valence electrons. The van der Waals surface area contributed by atoms with Crippen molar-refractivity contribution in [3.05, 3.63) is 35.4 Å². The van der Waals surface area contributed by atoms with Crippen LogP contribution in [0, 0.1) is 11.6 Å². The minimum atomic E-state index is -0.398. The Bertz CT molecular complexity index is 340. The van der Waals surface area contributed by atoms with E-state index in [1.165, 1.54) is 6.07 Å². The highest BCUT2D eigenvalue weighted by Crippen LogP contribution is 2.08. The lowest BCUT2D eigenvalue weighted by Gasteiger charge is -2.09.